The second-order valence-corrected chi connectivity index (χ2v) is 24.7. The lowest BCUT2D eigenvalue weighted by atomic mass is 10.0. The van der Waals surface area contributed by atoms with Gasteiger partial charge in [0, 0.05) is 112 Å². The third-order valence-electron chi connectivity index (χ3n) is 17.5. The molecule has 0 bridgehead atoms. The lowest BCUT2D eigenvalue weighted by Crippen LogP contribution is -2.32. The quantitative estimate of drug-likeness (QED) is 0.148. The minimum Gasteiger partial charge on any atom is -0.201 e. The minimum absolute atomic E-state index is 0.379. The minimum atomic E-state index is -2.06. The maximum absolute atomic E-state index is 7.55. The SMILES string of the molecule is Cc1cc(-c2ccccc2C)[n+](C)cc1C.Cc1ccc(-c2cccc[n+]2C)c(C)c1.Cc1cccc(-c2cccc[n+]2C)c1C.Cc1cccc(-c2cccc[n+]2C)c1C.[2H]C([2H])([2H])c1c[n+](C)c(-c2ccccc2C)cc1C.[2H]C([2H])([2H])c1cc(C)c(-c2ccccc2C)[n+](C)c1. The molecule has 0 atom stereocenters. The first kappa shape index (κ1) is 62.0. The summed E-state index contributed by atoms with van der Waals surface area (Å²) in [7, 11) is 12.1. The molecule has 0 radical (unpaired) electrons. The molecule has 0 N–H and O–H groups in total. The molecule has 0 aliphatic carbocycles. The van der Waals surface area contributed by atoms with E-state index in [0.717, 1.165) is 33.6 Å². The van der Waals surface area contributed by atoms with Gasteiger partial charge in [-0.15, -0.1) is 0 Å². The average Bonchev–Trinajstić information content (AvgIpc) is 0.810. The van der Waals surface area contributed by atoms with Crippen LogP contribution in [0.1, 0.15) is 91.7 Å². The van der Waals surface area contributed by atoms with Crippen LogP contribution < -0.4 is 27.4 Å². The number of aromatic nitrogens is 6. The third kappa shape index (κ3) is 18.5. The summed E-state index contributed by atoms with van der Waals surface area (Å²) < 4.78 is 57.6. The Hall–Kier alpha value is -9.78. The van der Waals surface area contributed by atoms with Gasteiger partial charge in [-0.05, 0) is 220 Å². The summed E-state index contributed by atoms with van der Waals surface area (Å²) in [4.78, 5) is 0. The van der Waals surface area contributed by atoms with Gasteiger partial charge in [0.1, 0.15) is 42.3 Å². The van der Waals surface area contributed by atoms with Gasteiger partial charge in [-0.2, -0.15) is 0 Å². The van der Waals surface area contributed by atoms with Crippen LogP contribution >= 0.6 is 0 Å². The molecule has 0 aliphatic rings. The topological polar surface area (TPSA) is 23.3 Å². The van der Waals surface area contributed by atoms with E-state index in [9.17, 15) is 0 Å². The highest BCUT2D eigenvalue weighted by molar-refractivity contribution is 5.67. The van der Waals surface area contributed by atoms with Crippen molar-refractivity contribution in [1.82, 2.24) is 0 Å². The van der Waals surface area contributed by atoms with Crippen molar-refractivity contribution in [3.8, 4) is 67.5 Å². The summed E-state index contributed by atoms with van der Waals surface area (Å²) in [5.41, 5.74) is 31.7. The molecule has 0 fully saturated rings. The molecule has 0 saturated heterocycles. The van der Waals surface area contributed by atoms with Gasteiger partial charge in [0.2, 0.25) is 34.2 Å². The lowest BCUT2D eigenvalue weighted by Gasteiger charge is -2.07. The Kier molecular flexibility index (Phi) is 22.0. The lowest BCUT2D eigenvalue weighted by molar-refractivity contribution is -0.661. The Balaban J connectivity index is 0.000000168. The van der Waals surface area contributed by atoms with Crippen molar-refractivity contribution in [3.05, 3.63) is 321 Å². The first-order valence-corrected chi connectivity index (χ1v) is 32.0. The van der Waals surface area contributed by atoms with Crippen LogP contribution in [0.2, 0.25) is 0 Å². The van der Waals surface area contributed by atoms with Crippen LogP contribution in [0, 0.1) is 104 Å². The largest absolute Gasteiger partial charge is 0.215 e. The van der Waals surface area contributed by atoms with Crippen molar-refractivity contribution in [2.24, 2.45) is 42.3 Å². The molecule has 0 saturated carbocycles. The number of benzene rings is 6. The Morgan fingerprint density at radius 2 is 0.591 bits per heavy atom. The summed E-state index contributed by atoms with van der Waals surface area (Å²) in [5.74, 6) is 0. The molecular formula is C87H102N6+6. The molecule has 6 heterocycles. The highest BCUT2D eigenvalue weighted by Gasteiger charge is 2.19. The zero-order valence-electron chi connectivity index (χ0n) is 64.7. The summed E-state index contributed by atoms with van der Waals surface area (Å²) >= 11 is 0. The molecule has 0 spiro atoms. The molecule has 6 aromatic heterocycles. The van der Waals surface area contributed by atoms with E-state index in [2.05, 4.69) is 305 Å². The van der Waals surface area contributed by atoms with Crippen molar-refractivity contribution < 1.29 is 35.6 Å². The predicted octanol–water partition coefficient (Wildman–Crippen LogP) is 17.7. The number of nitrogens with zero attached hydrogens (tertiary/aromatic N) is 6. The Morgan fingerprint density at radius 1 is 0.226 bits per heavy atom. The number of hydrogen-bond acceptors (Lipinski definition) is 0. The van der Waals surface area contributed by atoms with E-state index < -0.39 is 13.7 Å². The monoisotopic (exact) mass is 1240 g/mol. The Morgan fingerprint density at radius 3 is 1.00 bits per heavy atom. The standard InChI is InChI=1S/3C15H18N.3C14H16N/c1-11-9-13(3)15(16(4)10-11)14-8-6-5-7-12(14)2;2*1-11-7-5-6-8-14(11)15-9-12(2)13(3)10-16(15)4;2*1-11-7-6-8-13(12(11)2)14-9-4-5-10-15(14)3;1-11-7-8-13(12(2)10-11)14-6-4-5-9-15(14)3/h3*5-10H,1-4H3;3*4-10H,1-3H3/q6*+1/i1D3;3D3;;;;. The van der Waals surface area contributed by atoms with Crippen LogP contribution in [0.4, 0.5) is 0 Å². The van der Waals surface area contributed by atoms with Crippen molar-refractivity contribution in [1.29, 1.82) is 0 Å². The number of hydrogen-bond donors (Lipinski definition) is 0. The molecule has 6 heteroatoms. The first-order chi connectivity index (χ1) is 46.8. The molecule has 0 aliphatic heterocycles. The number of pyridine rings is 6. The predicted molar refractivity (Wildman–Crippen MR) is 389 cm³/mol. The summed E-state index contributed by atoms with van der Waals surface area (Å²) in [6, 6.07) is 69.0. The fraction of sp³-hybridized carbons (Fsp3) is 0.241. The van der Waals surface area contributed by atoms with Gasteiger partial charge in [0.25, 0.3) is 0 Å². The van der Waals surface area contributed by atoms with Gasteiger partial charge in [-0.3, -0.25) is 0 Å². The smallest absolute Gasteiger partial charge is 0.201 e. The molecule has 6 nitrogen and oxygen atoms in total. The van der Waals surface area contributed by atoms with Crippen molar-refractivity contribution >= 4 is 0 Å². The van der Waals surface area contributed by atoms with Gasteiger partial charge in [-0.25, -0.2) is 27.4 Å². The van der Waals surface area contributed by atoms with Crippen LogP contribution in [0.15, 0.2) is 237 Å². The molecule has 12 rings (SSSR count). The number of aryl methyl sites for hydroxylation is 19. The molecule has 474 valence electrons. The highest BCUT2D eigenvalue weighted by Crippen LogP contribution is 2.27. The van der Waals surface area contributed by atoms with Gasteiger partial charge >= 0.3 is 0 Å². The molecule has 0 unspecified atom stereocenters. The fourth-order valence-electron chi connectivity index (χ4n) is 11.6. The first-order valence-electron chi connectivity index (χ1n) is 35.0. The van der Waals surface area contributed by atoms with Gasteiger partial charge in [-0.1, -0.05) is 96.6 Å². The Labute approximate surface area is 567 Å². The van der Waals surface area contributed by atoms with E-state index in [0.29, 0.717) is 11.1 Å². The van der Waals surface area contributed by atoms with Crippen molar-refractivity contribution in [3.63, 3.8) is 0 Å². The summed E-state index contributed by atoms with van der Waals surface area (Å²) in [6.45, 7) is 23.2. The van der Waals surface area contributed by atoms with E-state index >= 15 is 0 Å². The maximum atomic E-state index is 7.55. The summed E-state index contributed by atoms with van der Waals surface area (Å²) in [5, 5.41) is 0. The van der Waals surface area contributed by atoms with Gasteiger partial charge in [0.15, 0.2) is 37.2 Å². The van der Waals surface area contributed by atoms with Crippen LogP contribution in [-0.2, 0) is 42.3 Å². The molecule has 0 amide bonds. The van der Waals surface area contributed by atoms with Gasteiger partial charge < -0.3 is 0 Å². The number of rotatable bonds is 6. The van der Waals surface area contributed by atoms with Crippen LogP contribution in [0.25, 0.3) is 67.5 Å². The second-order valence-electron chi connectivity index (χ2n) is 24.7. The second kappa shape index (κ2) is 33.0. The molecule has 93 heavy (non-hydrogen) atoms. The van der Waals surface area contributed by atoms with Crippen LogP contribution in [-0.4, -0.2) is 0 Å². The molecular weight excluding hydrogens is 1130 g/mol. The maximum Gasteiger partial charge on any atom is 0.215 e. The van der Waals surface area contributed by atoms with Crippen molar-refractivity contribution in [2.75, 3.05) is 0 Å². The average molecular weight is 1240 g/mol. The third-order valence-corrected chi connectivity index (χ3v) is 17.5. The normalized spacial score (nSPS) is 11.6. The zero-order chi connectivity index (χ0) is 72.6. The highest BCUT2D eigenvalue weighted by atomic mass is 14.9. The van der Waals surface area contributed by atoms with E-state index in [-0.39, 0.29) is 0 Å². The van der Waals surface area contributed by atoms with E-state index in [1.54, 1.807) is 18.5 Å². The summed E-state index contributed by atoms with van der Waals surface area (Å²) in [6.07, 6.45) is 11.8. The molecule has 6 aromatic carbocycles. The van der Waals surface area contributed by atoms with E-state index in [1.165, 1.54) is 106 Å². The zero-order valence-corrected chi connectivity index (χ0v) is 58.7. The van der Waals surface area contributed by atoms with Crippen LogP contribution in [0.5, 0.6) is 0 Å². The van der Waals surface area contributed by atoms with E-state index in [1.807, 2.05) is 73.5 Å². The van der Waals surface area contributed by atoms with Crippen LogP contribution in [0.3, 0.4) is 0 Å². The fourth-order valence-corrected chi connectivity index (χ4v) is 11.6. The van der Waals surface area contributed by atoms with Gasteiger partial charge in [0.05, 0.1) is 0 Å². The Bertz CT molecular complexity index is 4660. The molecule has 12 aromatic rings. The van der Waals surface area contributed by atoms with Crippen molar-refractivity contribution in [2.45, 2.75) is 104 Å². The van der Waals surface area contributed by atoms with E-state index in [4.69, 9.17) is 8.22 Å².